The summed E-state index contributed by atoms with van der Waals surface area (Å²) < 4.78 is 11.6. The zero-order valence-electron chi connectivity index (χ0n) is 15.5. The molecule has 0 bridgehead atoms. The van der Waals surface area contributed by atoms with Crippen molar-refractivity contribution in [3.8, 4) is 11.5 Å². The van der Waals surface area contributed by atoms with E-state index in [9.17, 15) is 0 Å². The maximum atomic E-state index is 6.49. The Morgan fingerprint density at radius 3 is 2.55 bits per heavy atom. The lowest BCUT2D eigenvalue weighted by molar-refractivity contribution is -0.0189. The molecule has 5 rings (SSSR count). The molecule has 5 nitrogen and oxygen atoms in total. The standard InChI is InChI=1S/C22H17Cl2N3O2/c1-28-16-4-2-13(3-5-16)19-12-20-17-10-15(23)11-18(24)21(17)29-22(27(20)26-19)14-6-8-25-9-7-14/h2-11,20,22H,12H2,1H3/t20-,22+/m1/s1. The monoisotopic (exact) mass is 425 g/mol. The van der Waals surface area contributed by atoms with Crippen molar-refractivity contribution in [1.29, 1.82) is 0 Å². The zero-order valence-corrected chi connectivity index (χ0v) is 17.1. The van der Waals surface area contributed by atoms with Crippen molar-refractivity contribution < 1.29 is 9.47 Å². The molecule has 0 amide bonds. The minimum absolute atomic E-state index is 0.0229. The smallest absolute Gasteiger partial charge is 0.214 e. The molecule has 0 unspecified atom stereocenters. The lowest BCUT2D eigenvalue weighted by Gasteiger charge is -2.38. The van der Waals surface area contributed by atoms with Crippen LogP contribution in [0.15, 0.2) is 66.0 Å². The minimum atomic E-state index is -0.398. The topological polar surface area (TPSA) is 47.0 Å². The molecule has 1 aromatic heterocycles. The van der Waals surface area contributed by atoms with Gasteiger partial charge in [-0.2, -0.15) is 5.10 Å². The molecule has 146 valence electrons. The third-order valence-corrected chi connectivity index (χ3v) is 5.72. The lowest BCUT2D eigenvalue weighted by atomic mass is 9.96. The van der Waals surface area contributed by atoms with Crippen LogP contribution in [0.2, 0.25) is 10.0 Å². The Morgan fingerprint density at radius 2 is 1.83 bits per heavy atom. The molecular weight excluding hydrogens is 409 g/mol. The second-order valence-corrected chi connectivity index (χ2v) is 7.78. The van der Waals surface area contributed by atoms with Gasteiger partial charge in [-0.15, -0.1) is 0 Å². The van der Waals surface area contributed by atoms with E-state index in [2.05, 4.69) is 4.98 Å². The SMILES string of the molecule is COc1ccc(C2=NN3[C@H](C2)c2cc(Cl)cc(Cl)c2O[C@H]3c2ccncc2)cc1. The van der Waals surface area contributed by atoms with Crippen molar-refractivity contribution >= 4 is 28.9 Å². The molecule has 0 fully saturated rings. The molecule has 0 aliphatic carbocycles. The van der Waals surface area contributed by atoms with Gasteiger partial charge in [0.1, 0.15) is 11.5 Å². The second-order valence-electron chi connectivity index (χ2n) is 6.93. The van der Waals surface area contributed by atoms with E-state index in [-0.39, 0.29) is 6.04 Å². The summed E-state index contributed by atoms with van der Waals surface area (Å²) in [7, 11) is 1.66. The van der Waals surface area contributed by atoms with Gasteiger partial charge in [0.05, 0.1) is 23.9 Å². The number of nitrogens with zero attached hydrogens (tertiary/aromatic N) is 3. The number of rotatable bonds is 3. The van der Waals surface area contributed by atoms with Crippen molar-refractivity contribution in [3.63, 3.8) is 0 Å². The number of hydrogen-bond donors (Lipinski definition) is 0. The molecule has 2 aliphatic heterocycles. The molecule has 0 radical (unpaired) electrons. The van der Waals surface area contributed by atoms with Gasteiger partial charge in [0.25, 0.3) is 0 Å². The number of fused-ring (bicyclic) bond motifs is 3. The van der Waals surface area contributed by atoms with Gasteiger partial charge in [-0.3, -0.25) is 4.98 Å². The normalized spacial score (nSPS) is 19.8. The maximum absolute atomic E-state index is 6.49. The fourth-order valence-corrected chi connectivity index (χ4v) is 4.37. The molecular formula is C22H17Cl2N3O2. The largest absolute Gasteiger partial charge is 0.497 e. The quantitative estimate of drug-likeness (QED) is 0.544. The fourth-order valence-electron chi connectivity index (χ4n) is 3.82. The molecule has 0 N–H and O–H groups in total. The molecule has 0 saturated heterocycles. The molecule has 2 aliphatic rings. The van der Waals surface area contributed by atoms with Crippen LogP contribution in [0.25, 0.3) is 0 Å². The van der Waals surface area contributed by atoms with Gasteiger partial charge in [-0.25, -0.2) is 5.01 Å². The van der Waals surface area contributed by atoms with Crippen molar-refractivity contribution in [2.75, 3.05) is 7.11 Å². The number of halogens is 2. The first-order valence-corrected chi connectivity index (χ1v) is 9.95. The van der Waals surface area contributed by atoms with Crippen LogP contribution < -0.4 is 9.47 Å². The van der Waals surface area contributed by atoms with Crippen molar-refractivity contribution in [1.82, 2.24) is 9.99 Å². The Morgan fingerprint density at radius 1 is 1.07 bits per heavy atom. The van der Waals surface area contributed by atoms with E-state index in [1.807, 2.05) is 47.5 Å². The zero-order chi connectivity index (χ0) is 20.0. The molecule has 0 saturated carbocycles. The van der Waals surface area contributed by atoms with Gasteiger partial charge >= 0.3 is 0 Å². The Labute approximate surface area is 178 Å². The first kappa shape index (κ1) is 18.3. The second kappa shape index (κ2) is 7.25. The highest BCUT2D eigenvalue weighted by Gasteiger charge is 2.42. The number of hydrogen-bond acceptors (Lipinski definition) is 5. The van der Waals surface area contributed by atoms with E-state index in [0.717, 1.165) is 34.6 Å². The van der Waals surface area contributed by atoms with Crippen molar-refractivity contribution in [2.45, 2.75) is 18.7 Å². The van der Waals surface area contributed by atoms with Crippen LogP contribution in [-0.4, -0.2) is 22.8 Å². The van der Waals surface area contributed by atoms with Gasteiger partial charge < -0.3 is 9.47 Å². The highest BCUT2D eigenvalue weighted by Crippen LogP contribution is 2.50. The summed E-state index contributed by atoms with van der Waals surface area (Å²) in [6.07, 6.45) is 3.82. The summed E-state index contributed by atoms with van der Waals surface area (Å²) in [6, 6.07) is 15.4. The summed E-state index contributed by atoms with van der Waals surface area (Å²) >= 11 is 12.8. The molecule has 29 heavy (non-hydrogen) atoms. The maximum Gasteiger partial charge on any atom is 0.214 e. The van der Waals surface area contributed by atoms with Crippen LogP contribution in [0.3, 0.4) is 0 Å². The van der Waals surface area contributed by atoms with E-state index >= 15 is 0 Å². The number of hydrazone groups is 1. The summed E-state index contributed by atoms with van der Waals surface area (Å²) in [5.74, 6) is 1.47. The third-order valence-electron chi connectivity index (χ3n) is 5.22. The van der Waals surface area contributed by atoms with E-state index in [1.54, 1.807) is 25.6 Å². The number of methoxy groups -OCH3 is 1. The first-order valence-electron chi connectivity index (χ1n) is 9.20. The van der Waals surface area contributed by atoms with E-state index in [0.29, 0.717) is 15.8 Å². The van der Waals surface area contributed by atoms with E-state index in [1.165, 1.54) is 0 Å². The molecule has 0 spiro atoms. The number of aromatic nitrogens is 1. The highest BCUT2D eigenvalue weighted by molar-refractivity contribution is 6.35. The summed E-state index contributed by atoms with van der Waals surface area (Å²) in [5, 5.41) is 8.00. The van der Waals surface area contributed by atoms with Crippen LogP contribution >= 0.6 is 23.2 Å². The summed E-state index contributed by atoms with van der Waals surface area (Å²) in [4.78, 5) is 4.11. The van der Waals surface area contributed by atoms with Gasteiger partial charge in [-0.05, 0) is 54.1 Å². The number of benzene rings is 2. The number of pyridine rings is 1. The van der Waals surface area contributed by atoms with E-state index < -0.39 is 6.23 Å². The Balaban J connectivity index is 1.60. The van der Waals surface area contributed by atoms with E-state index in [4.69, 9.17) is 37.8 Å². The molecule has 2 aromatic carbocycles. The van der Waals surface area contributed by atoms with Gasteiger partial charge in [0, 0.05) is 35.0 Å². The molecule has 7 heteroatoms. The van der Waals surface area contributed by atoms with Crippen LogP contribution in [0, 0.1) is 0 Å². The predicted octanol–water partition coefficient (Wildman–Crippen LogP) is 5.64. The fraction of sp³-hybridized carbons (Fsp3) is 0.182. The van der Waals surface area contributed by atoms with Gasteiger partial charge in [0.2, 0.25) is 6.23 Å². The Kier molecular flexibility index (Phi) is 4.57. The average molecular weight is 426 g/mol. The van der Waals surface area contributed by atoms with Crippen molar-refractivity contribution in [3.05, 3.63) is 87.7 Å². The first-order chi connectivity index (χ1) is 14.1. The molecule has 3 aromatic rings. The van der Waals surface area contributed by atoms with Crippen LogP contribution in [0.1, 0.15) is 35.4 Å². The number of ether oxygens (including phenoxy) is 2. The predicted molar refractivity (Wildman–Crippen MR) is 113 cm³/mol. The summed E-state index contributed by atoms with van der Waals surface area (Å²) in [5.41, 5.74) is 3.93. The molecule has 2 atom stereocenters. The van der Waals surface area contributed by atoms with Crippen LogP contribution in [-0.2, 0) is 0 Å². The van der Waals surface area contributed by atoms with Gasteiger partial charge in [0.15, 0.2) is 0 Å². The Hall–Kier alpha value is -2.76. The highest BCUT2D eigenvalue weighted by atomic mass is 35.5. The third kappa shape index (κ3) is 3.20. The van der Waals surface area contributed by atoms with Crippen LogP contribution in [0.5, 0.6) is 11.5 Å². The van der Waals surface area contributed by atoms with Crippen LogP contribution in [0.4, 0.5) is 0 Å². The average Bonchev–Trinajstić information content (AvgIpc) is 3.20. The lowest BCUT2D eigenvalue weighted by Crippen LogP contribution is -2.33. The summed E-state index contributed by atoms with van der Waals surface area (Å²) in [6.45, 7) is 0. The Bertz CT molecular complexity index is 1090. The molecule has 3 heterocycles. The van der Waals surface area contributed by atoms with Crippen molar-refractivity contribution in [2.24, 2.45) is 5.10 Å². The minimum Gasteiger partial charge on any atom is -0.497 e. The van der Waals surface area contributed by atoms with Gasteiger partial charge in [-0.1, -0.05) is 23.2 Å².